The molecule has 1 heterocycles. The van der Waals surface area contributed by atoms with E-state index in [4.69, 9.17) is 9.47 Å². The number of halogens is 3. The lowest BCUT2D eigenvalue weighted by Crippen LogP contribution is -2.40. The van der Waals surface area contributed by atoms with Gasteiger partial charge in [0, 0.05) is 13.0 Å². The zero-order valence-corrected chi connectivity index (χ0v) is 10.0. The number of nitrogens with one attached hydrogen (secondary N) is 1. The van der Waals surface area contributed by atoms with Gasteiger partial charge in [0.05, 0.1) is 13.2 Å². The standard InChI is InChI=1S/C8H12F3NO5S/c9-8(10,11)18(14,15)12-7(13)2-1-3-16-4-6-5-17-6/h6H,1-5H2,(H,12,13). The zero-order valence-electron chi connectivity index (χ0n) is 9.20. The van der Waals surface area contributed by atoms with Crippen molar-refractivity contribution in [3.8, 4) is 0 Å². The number of carbonyl (C=O) groups is 1. The van der Waals surface area contributed by atoms with E-state index in [-0.39, 0.29) is 25.6 Å². The molecule has 0 aromatic rings. The summed E-state index contributed by atoms with van der Waals surface area (Å²) < 4.78 is 67.6. The van der Waals surface area contributed by atoms with E-state index in [9.17, 15) is 26.4 Å². The molecule has 6 nitrogen and oxygen atoms in total. The quantitative estimate of drug-likeness (QED) is 0.533. The monoisotopic (exact) mass is 291 g/mol. The van der Waals surface area contributed by atoms with E-state index in [1.54, 1.807) is 0 Å². The molecule has 1 N–H and O–H groups in total. The maximum Gasteiger partial charge on any atom is 0.516 e. The van der Waals surface area contributed by atoms with Crippen molar-refractivity contribution >= 4 is 15.9 Å². The number of carbonyl (C=O) groups excluding carboxylic acids is 1. The highest BCUT2D eigenvalue weighted by Gasteiger charge is 2.46. The summed E-state index contributed by atoms with van der Waals surface area (Å²) in [5, 5.41) is 0. The Morgan fingerprint density at radius 3 is 2.56 bits per heavy atom. The maximum absolute atomic E-state index is 11.9. The summed E-state index contributed by atoms with van der Waals surface area (Å²) in [6.07, 6.45) is -0.170. The highest BCUT2D eigenvalue weighted by molar-refractivity contribution is 7.90. The van der Waals surface area contributed by atoms with Crippen molar-refractivity contribution in [2.45, 2.75) is 24.5 Å². The number of alkyl halides is 3. The lowest BCUT2D eigenvalue weighted by Gasteiger charge is -2.09. The molecule has 1 amide bonds. The van der Waals surface area contributed by atoms with Crippen molar-refractivity contribution in [2.75, 3.05) is 19.8 Å². The molecular weight excluding hydrogens is 279 g/mol. The van der Waals surface area contributed by atoms with Crippen LogP contribution in [0.3, 0.4) is 0 Å². The summed E-state index contributed by atoms with van der Waals surface area (Å²) >= 11 is 0. The van der Waals surface area contributed by atoms with E-state index in [0.29, 0.717) is 13.2 Å². The predicted octanol–water partition coefficient (Wildman–Crippen LogP) is 0.148. The Morgan fingerprint density at radius 1 is 1.44 bits per heavy atom. The van der Waals surface area contributed by atoms with E-state index >= 15 is 0 Å². The summed E-state index contributed by atoms with van der Waals surface area (Å²) in [4.78, 5) is 10.9. The lowest BCUT2D eigenvalue weighted by atomic mass is 10.3. The van der Waals surface area contributed by atoms with Crippen LogP contribution in [-0.4, -0.2) is 45.8 Å². The number of hydrogen-bond donors (Lipinski definition) is 1. The summed E-state index contributed by atoms with van der Waals surface area (Å²) in [5.41, 5.74) is -5.48. The third kappa shape index (κ3) is 5.19. The molecule has 1 saturated heterocycles. The SMILES string of the molecule is O=C(CCCOCC1CO1)NS(=O)(=O)C(F)(F)F. The average Bonchev–Trinajstić information content (AvgIpc) is 2.98. The molecule has 0 aromatic carbocycles. The second kappa shape index (κ2) is 5.85. The van der Waals surface area contributed by atoms with Gasteiger partial charge in [-0.05, 0) is 6.42 Å². The van der Waals surface area contributed by atoms with Crippen molar-refractivity contribution in [1.29, 1.82) is 0 Å². The van der Waals surface area contributed by atoms with E-state index in [1.807, 2.05) is 0 Å². The molecule has 0 radical (unpaired) electrons. The van der Waals surface area contributed by atoms with Crippen LogP contribution in [0.5, 0.6) is 0 Å². The molecule has 10 heteroatoms. The van der Waals surface area contributed by atoms with Crippen LogP contribution in [0, 0.1) is 0 Å². The molecule has 0 bridgehead atoms. The van der Waals surface area contributed by atoms with Crippen LogP contribution in [0.1, 0.15) is 12.8 Å². The minimum Gasteiger partial charge on any atom is -0.379 e. The first-order valence-electron chi connectivity index (χ1n) is 5.03. The van der Waals surface area contributed by atoms with Gasteiger partial charge >= 0.3 is 15.5 Å². The normalized spacial score (nSPS) is 19.6. The van der Waals surface area contributed by atoms with Gasteiger partial charge in [-0.15, -0.1) is 0 Å². The van der Waals surface area contributed by atoms with Crippen molar-refractivity contribution in [2.24, 2.45) is 0 Å². The van der Waals surface area contributed by atoms with E-state index in [0.717, 1.165) is 4.72 Å². The molecule has 1 fully saturated rings. The number of hydrogen-bond acceptors (Lipinski definition) is 5. The minimum absolute atomic E-state index is 0.0597. The van der Waals surface area contributed by atoms with Gasteiger partial charge in [-0.2, -0.15) is 21.6 Å². The molecule has 106 valence electrons. The molecule has 0 aliphatic carbocycles. The Kier molecular flexibility index (Phi) is 4.93. The molecule has 18 heavy (non-hydrogen) atoms. The average molecular weight is 291 g/mol. The third-order valence-electron chi connectivity index (χ3n) is 1.95. The third-order valence-corrected chi connectivity index (χ3v) is 3.06. The van der Waals surface area contributed by atoms with E-state index < -0.39 is 21.4 Å². The first-order chi connectivity index (χ1) is 8.22. The molecular formula is C8H12F3NO5S. The minimum atomic E-state index is -5.60. The second-order valence-corrected chi connectivity index (χ2v) is 5.28. The smallest absolute Gasteiger partial charge is 0.379 e. The number of rotatable bonds is 7. The number of amides is 1. The predicted molar refractivity (Wildman–Crippen MR) is 52.9 cm³/mol. The summed E-state index contributed by atoms with van der Waals surface area (Å²) in [6, 6.07) is 0. The molecule has 0 aromatic heterocycles. The first-order valence-corrected chi connectivity index (χ1v) is 6.52. The van der Waals surface area contributed by atoms with Crippen LogP contribution < -0.4 is 4.72 Å². The van der Waals surface area contributed by atoms with Crippen LogP contribution in [0.2, 0.25) is 0 Å². The molecule has 1 unspecified atom stereocenters. The highest BCUT2D eigenvalue weighted by Crippen LogP contribution is 2.21. The summed E-state index contributed by atoms with van der Waals surface area (Å²) in [5.74, 6) is -1.21. The molecule has 1 rings (SSSR count). The fourth-order valence-corrected chi connectivity index (χ4v) is 1.49. The largest absolute Gasteiger partial charge is 0.516 e. The maximum atomic E-state index is 11.9. The summed E-state index contributed by atoms with van der Waals surface area (Å²) in [6.45, 7) is 1.13. The van der Waals surface area contributed by atoms with Gasteiger partial charge in [-0.25, -0.2) is 4.72 Å². The van der Waals surface area contributed by atoms with E-state index in [1.165, 1.54) is 0 Å². The topological polar surface area (TPSA) is 85.0 Å². The fraction of sp³-hybridized carbons (Fsp3) is 0.875. The van der Waals surface area contributed by atoms with Crippen LogP contribution in [-0.2, 0) is 24.3 Å². The number of epoxide rings is 1. The number of sulfonamides is 1. The van der Waals surface area contributed by atoms with Gasteiger partial charge < -0.3 is 9.47 Å². The van der Waals surface area contributed by atoms with Crippen LogP contribution in [0.4, 0.5) is 13.2 Å². The number of ether oxygens (including phenoxy) is 2. The summed E-state index contributed by atoms with van der Waals surface area (Å²) in [7, 11) is -5.60. The van der Waals surface area contributed by atoms with Crippen molar-refractivity contribution in [3.63, 3.8) is 0 Å². The molecule has 1 aliphatic rings. The zero-order chi connectivity index (χ0) is 13.8. The Morgan fingerprint density at radius 2 is 2.06 bits per heavy atom. The van der Waals surface area contributed by atoms with Gasteiger partial charge in [0.2, 0.25) is 5.91 Å². The second-order valence-electron chi connectivity index (χ2n) is 3.61. The van der Waals surface area contributed by atoms with Crippen LogP contribution in [0.25, 0.3) is 0 Å². The van der Waals surface area contributed by atoms with Crippen LogP contribution >= 0.6 is 0 Å². The first kappa shape index (κ1) is 15.2. The highest BCUT2D eigenvalue weighted by atomic mass is 32.2. The molecule has 0 spiro atoms. The van der Waals surface area contributed by atoms with Crippen molar-refractivity contribution in [3.05, 3.63) is 0 Å². The van der Waals surface area contributed by atoms with Crippen molar-refractivity contribution < 1.29 is 35.9 Å². The van der Waals surface area contributed by atoms with Crippen molar-refractivity contribution in [1.82, 2.24) is 4.72 Å². The Hall–Kier alpha value is -0.870. The molecule has 0 saturated carbocycles. The van der Waals surface area contributed by atoms with E-state index in [2.05, 4.69) is 0 Å². The Balaban J connectivity index is 2.16. The Labute approximate surface area is 101 Å². The lowest BCUT2D eigenvalue weighted by molar-refractivity contribution is -0.120. The van der Waals surface area contributed by atoms with Gasteiger partial charge in [-0.1, -0.05) is 0 Å². The van der Waals surface area contributed by atoms with Gasteiger partial charge in [0.1, 0.15) is 6.10 Å². The van der Waals surface area contributed by atoms with Gasteiger partial charge in [0.25, 0.3) is 0 Å². The fourth-order valence-electron chi connectivity index (χ4n) is 0.973. The van der Waals surface area contributed by atoms with Gasteiger partial charge in [0.15, 0.2) is 0 Å². The van der Waals surface area contributed by atoms with Gasteiger partial charge in [-0.3, -0.25) is 4.79 Å². The molecule has 1 aliphatic heterocycles. The molecule has 1 atom stereocenters. The Bertz CT molecular complexity index is 390. The van der Waals surface area contributed by atoms with Crippen LogP contribution in [0.15, 0.2) is 0 Å².